The molecule has 0 saturated heterocycles. The van der Waals surface area contributed by atoms with Crippen LogP contribution in [0.1, 0.15) is 18.9 Å². The van der Waals surface area contributed by atoms with Gasteiger partial charge in [0.2, 0.25) is 0 Å². The van der Waals surface area contributed by atoms with Crippen molar-refractivity contribution in [2.75, 3.05) is 46.9 Å². The van der Waals surface area contributed by atoms with Crippen LogP contribution in [0, 0.1) is 0 Å². The zero-order chi connectivity index (χ0) is 14.8. The third-order valence-electron chi connectivity index (χ3n) is 3.24. The van der Waals surface area contributed by atoms with Gasteiger partial charge in [-0.3, -0.25) is 4.90 Å². The maximum atomic E-state index is 5.79. The summed E-state index contributed by atoms with van der Waals surface area (Å²) in [6.45, 7) is 7.81. The molecule has 2 N–H and O–H groups in total. The van der Waals surface area contributed by atoms with Crippen molar-refractivity contribution in [1.29, 1.82) is 0 Å². The lowest BCUT2D eigenvalue weighted by atomic mass is 10.2. The molecule has 0 bridgehead atoms. The van der Waals surface area contributed by atoms with Gasteiger partial charge in [0.15, 0.2) is 0 Å². The molecule has 0 fully saturated rings. The average Bonchev–Trinajstić information content (AvgIpc) is 2.45. The van der Waals surface area contributed by atoms with E-state index in [1.54, 1.807) is 0 Å². The van der Waals surface area contributed by atoms with Gasteiger partial charge in [-0.25, -0.2) is 0 Å². The lowest BCUT2D eigenvalue weighted by Gasteiger charge is -2.23. The van der Waals surface area contributed by atoms with Crippen LogP contribution >= 0.6 is 0 Å². The monoisotopic (exact) mass is 279 g/mol. The Morgan fingerprint density at radius 2 is 1.70 bits per heavy atom. The summed E-state index contributed by atoms with van der Waals surface area (Å²) in [6, 6.07) is 8.02. The maximum absolute atomic E-state index is 5.79. The van der Waals surface area contributed by atoms with Crippen LogP contribution in [-0.2, 0) is 6.54 Å². The van der Waals surface area contributed by atoms with Gasteiger partial charge in [0.25, 0.3) is 0 Å². The maximum Gasteiger partial charge on any atom is 0.119 e. The van der Waals surface area contributed by atoms with Crippen molar-refractivity contribution in [3.63, 3.8) is 0 Å². The highest BCUT2D eigenvalue weighted by Gasteiger charge is 2.04. The minimum Gasteiger partial charge on any atom is -0.492 e. The van der Waals surface area contributed by atoms with Gasteiger partial charge in [0.05, 0.1) is 0 Å². The highest BCUT2D eigenvalue weighted by atomic mass is 16.5. The van der Waals surface area contributed by atoms with Gasteiger partial charge in [-0.1, -0.05) is 19.1 Å². The van der Waals surface area contributed by atoms with Gasteiger partial charge in [-0.15, -0.1) is 0 Å². The minimum absolute atomic E-state index is 0.578. The topological polar surface area (TPSA) is 41.7 Å². The van der Waals surface area contributed by atoms with E-state index in [1.807, 2.05) is 24.3 Å². The van der Waals surface area contributed by atoms with Crippen LogP contribution in [-0.4, -0.2) is 56.7 Å². The quantitative estimate of drug-likeness (QED) is 0.709. The molecule has 4 heteroatoms. The van der Waals surface area contributed by atoms with Gasteiger partial charge < -0.3 is 15.4 Å². The molecule has 0 unspecified atom stereocenters. The van der Waals surface area contributed by atoms with Crippen molar-refractivity contribution >= 4 is 0 Å². The molecule has 1 aromatic rings. The second kappa shape index (κ2) is 9.75. The molecule has 0 radical (unpaired) electrons. The highest BCUT2D eigenvalue weighted by molar-refractivity contribution is 5.27. The van der Waals surface area contributed by atoms with Crippen molar-refractivity contribution in [1.82, 2.24) is 9.80 Å². The van der Waals surface area contributed by atoms with E-state index >= 15 is 0 Å². The van der Waals surface area contributed by atoms with E-state index in [4.69, 9.17) is 10.5 Å². The number of hydrogen-bond acceptors (Lipinski definition) is 4. The molecule has 0 aliphatic rings. The number of rotatable bonds is 10. The molecule has 0 amide bonds. The number of ether oxygens (including phenoxy) is 1. The first-order valence-corrected chi connectivity index (χ1v) is 7.44. The molecule has 1 aromatic carbocycles. The molecule has 0 heterocycles. The molecule has 0 aromatic heterocycles. The molecule has 114 valence electrons. The third kappa shape index (κ3) is 6.89. The number of nitrogens with two attached hydrogens (primary N) is 1. The highest BCUT2D eigenvalue weighted by Crippen LogP contribution is 2.11. The number of benzene rings is 1. The normalized spacial score (nSPS) is 11.3. The molecule has 0 spiro atoms. The van der Waals surface area contributed by atoms with Gasteiger partial charge in [0.1, 0.15) is 12.4 Å². The molecule has 0 aliphatic carbocycles. The summed E-state index contributed by atoms with van der Waals surface area (Å²) < 4.78 is 5.79. The van der Waals surface area contributed by atoms with Crippen LogP contribution in [0.4, 0.5) is 0 Å². The Morgan fingerprint density at radius 1 is 1.00 bits per heavy atom. The molecule has 1 rings (SSSR count). The summed E-state index contributed by atoms with van der Waals surface area (Å²) in [5.41, 5.74) is 6.71. The fraction of sp³-hybridized carbons (Fsp3) is 0.625. The molecule has 0 saturated carbocycles. The molecular formula is C16H29N3O. The number of nitrogens with zero attached hydrogens (tertiary/aromatic N) is 2. The number of hydrogen-bond donors (Lipinski definition) is 1. The summed E-state index contributed by atoms with van der Waals surface area (Å²) in [5.74, 6) is 0.922. The Hall–Kier alpha value is -1.10. The Balaban J connectivity index is 2.31. The smallest absolute Gasteiger partial charge is 0.119 e. The fourth-order valence-corrected chi connectivity index (χ4v) is 2.01. The summed E-state index contributed by atoms with van der Waals surface area (Å²) >= 11 is 0. The first-order chi connectivity index (χ1) is 9.65. The number of likely N-dealkylation sites (N-methyl/N-ethyl adjacent to an activating group) is 1. The molecule has 4 nitrogen and oxygen atoms in total. The van der Waals surface area contributed by atoms with Gasteiger partial charge in [0, 0.05) is 26.2 Å². The second-order valence-corrected chi connectivity index (χ2v) is 5.34. The van der Waals surface area contributed by atoms with Crippen molar-refractivity contribution in [2.45, 2.75) is 19.9 Å². The second-order valence-electron chi connectivity index (χ2n) is 5.34. The van der Waals surface area contributed by atoms with Gasteiger partial charge in [-0.05, 0) is 44.8 Å². The van der Waals surface area contributed by atoms with Crippen LogP contribution in [0.3, 0.4) is 0 Å². The van der Waals surface area contributed by atoms with Crippen molar-refractivity contribution < 1.29 is 4.74 Å². The minimum atomic E-state index is 0.578. The van der Waals surface area contributed by atoms with Crippen molar-refractivity contribution in [3.05, 3.63) is 29.8 Å². The summed E-state index contributed by atoms with van der Waals surface area (Å²) in [6.07, 6.45) is 1.18. The van der Waals surface area contributed by atoms with Crippen molar-refractivity contribution in [2.24, 2.45) is 5.73 Å². The Labute approximate surface area is 123 Å². The van der Waals surface area contributed by atoms with E-state index in [2.05, 4.69) is 30.8 Å². The summed E-state index contributed by atoms with van der Waals surface area (Å²) in [4.78, 5) is 4.67. The zero-order valence-corrected chi connectivity index (χ0v) is 13.1. The van der Waals surface area contributed by atoms with Crippen LogP contribution in [0.15, 0.2) is 24.3 Å². The van der Waals surface area contributed by atoms with E-state index in [0.29, 0.717) is 6.54 Å². The van der Waals surface area contributed by atoms with E-state index in [9.17, 15) is 0 Å². The SMILES string of the molecule is CCCN(CCOc1ccc(CN)cc1)CCN(C)C. The van der Waals surface area contributed by atoms with E-state index < -0.39 is 0 Å². The zero-order valence-electron chi connectivity index (χ0n) is 13.1. The Bertz CT molecular complexity index is 351. The predicted molar refractivity (Wildman–Crippen MR) is 85.1 cm³/mol. The van der Waals surface area contributed by atoms with Crippen molar-refractivity contribution in [3.8, 4) is 5.75 Å². The van der Waals surface area contributed by atoms with Crippen LogP contribution in [0.2, 0.25) is 0 Å². The molecule has 0 atom stereocenters. The van der Waals surface area contributed by atoms with E-state index in [-0.39, 0.29) is 0 Å². The summed E-state index contributed by atoms with van der Waals surface area (Å²) in [5, 5.41) is 0. The largest absolute Gasteiger partial charge is 0.492 e. The van der Waals surface area contributed by atoms with Crippen LogP contribution < -0.4 is 10.5 Å². The predicted octanol–water partition coefficient (Wildman–Crippen LogP) is 1.80. The molecule has 0 aliphatic heterocycles. The van der Waals surface area contributed by atoms with Gasteiger partial charge in [-0.2, -0.15) is 0 Å². The van der Waals surface area contributed by atoms with E-state index in [0.717, 1.165) is 44.1 Å². The van der Waals surface area contributed by atoms with Gasteiger partial charge >= 0.3 is 0 Å². The average molecular weight is 279 g/mol. The molecular weight excluding hydrogens is 250 g/mol. The standard InChI is InChI=1S/C16H29N3O/c1-4-9-19(11-10-18(2)3)12-13-20-16-7-5-15(14-17)6-8-16/h5-8H,4,9-14,17H2,1-3H3. The van der Waals surface area contributed by atoms with E-state index in [1.165, 1.54) is 6.42 Å². The van der Waals surface area contributed by atoms with Crippen LogP contribution in [0.25, 0.3) is 0 Å². The first-order valence-electron chi connectivity index (χ1n) is 7.44. The van der Waals surface area contributed by atoms with Crippen LogP contribution in [0.5, 0.6) is 5.75 Å². The summed E-state index contributed by atoms with van der Waals surface area (Å²) in [7, 11) is 4.22. The lowest BCUT2D eigenvalue weighted by molar-refractivity contribution is 0.194. The lowest BCUT2D eigenvalue weighted by Crippen LogP contribution is -2.35. The Kier molecular flexibility index (Phi) is 8.26. The Morgan fingerprint density at radius 3 is 2.25 bits per heavy atom. The molecule has 20 heavy (non-hydrogen) atoms. The fourth-order valence-electron chi connectivity index (χ4n) is 2.01. The first kappa shape index (κ1) is 17.0. The third-order valence-corrected chi connectivity index (χ3v) is 3.24.